The maximum absolute atomic E-state index is 6.14. The summed E-state index contributed by atoms with van der Waals surface area (Å²) in [5, 5.41) is 1.86. The molecule has 122 valence electrons. The molecule has 4 aromatic rings. The minimum atomic E-state index is 0.567. The fraction of sp³-hybridized carbons (Fsp3) is 0.235. The number of fused-ring (bicyclic) bond motifs is 2. The summed E-state index contributed by atoms with van der Waals surface area (Å²) in [5.41, 5.74) is 10.6. The number of aryl methyl sites for hydroxylation is 3. The molecular weight excluding hydrogens is 338 g/mol. The molecule has 0 saturated carbocycles. The predicted molar refractivity (Wildman–Crippen MR) is 102 cm³/mol. The van der Waals surface area contributed by atoms with E-state index in [1.807, 2.05) is 6.07 Å². The molecule has 0 bridgehead atoms. The number of rotatable bonds is 3. The number of benzene rings is 1. The van der Waals surface area contributed by atoms with Crippen LogP contribution < -0.4 is 5.73 Å². The number of H-pyrrole nitrogens is 1. The van der Waals surface area contributed by atoms with Crippen molar-refractivity contribution in [3.05, 3.63) is 40.0 Å². The zero-order chi connectivity index (χ0) is 16.8. The number of nitrogens with one attached hydrogen (secondary N) is 1. The highest BCUT2D eigenvalue weighted by atomic mass is 32.2. The predicted octanol–water partition coefficient (Wildman–Crippen LogP) is 4.37. The molecule has 3 N–H and O–H groups in total. The minimum absolute atomic E-state index is 0.567. The van der Waals surface area contributed by atoms with Crippen molar-refractivity contribution in [3.8, 4) is 0 Å². The molecule has 0 radical (unpaired) electrons. The van der Waals surface area contributed by atoms with Crippen LogP contribution in [-0.2, 0) is 5.75 Å². The normalized spacial score (nSPS) is 11.6. The summed E-state index contributed by atoms with van der Waals surface area (Å²) in [5.74, 6) is 1.94. The van der Waals surface area contributed by atoms with Gasteiger partial charge in [0.1, 0.15) is 16.5 Å². The van der Waals surface area contributed by atoms with Crippen LogP contribution in [0.4, 0.5) is 5.82 Å². The number of hydrogen-bond donors (Lipinski definition) is 2. The number of nitrogens with two attached hydrogens (primary N) is 1. The second kappa shape index (κ2) is 5.75. The molecule has 0 atom stereocenters. The van der Waals surface area contributed by atoms with Gasteiger partial charge in [-0.2, -0.15) is 0 Å². The summed E-state index contributed by atoms with van der Waals surface area (Å²) in [6, 6.07) is 6.20. The van der Waals surface area contributed by atoms with Gasteiger partial charge in [0, 0.05) is 4.88 Å². The highest BCUT2D eigenvalue weighted by Gasteiger charge is 2.13. The van der Waals surface area contributed by atoms with E-state index in [2.05, 4.69) is 52.8 Å². The molecule has 0 aliphatic heterocycles. The standard InChI is InChI=1S/C17H17N5S2/c1-8-4-5-11-12(6-8)20-17(19-11)23-7-13-21-15(18)14-9(2)10(3)24-16(14)22-13/h4-6H,7H2,1-3H3,(H,19,20)(H2,18,21,22). The Morgan fingerprint density at radius 2 is 2.00 bits per heavy atom. The van der Waals surface area contributed by atoms with Crippen LogP contribution in [0.3, 0.4) is 0 Å². The number of imidazole rings is 1. The van der Waals surface area contributed by atoms with Crippen LogP contribution in [0, 0.1) is 20.8 Å². The van der Waals surface area contributed by atoms with Gasteiger partial charge in [0.05, 0.1) is 22.2 Å². The monoisotopic (exact) mass is 355 g/mol. The van der Waals surface area contributed by atoms with Gasteiger partial charge in [-0.1, -0.05) is 17.8 Å². The average molecular weight is 355 g/mol. The third-order valence-corrected chi connectivity index (χ3v) is 6.03. The quantitative estimate of drug-likeness (QED) is 0.534. The van der Waals surface area contributed by atoms with E-state index < -0.39 is 0 Å². The minimum Gasteiger partial charge on any atom is -0.383 e. The van der Waals surface area contributed by atoms with E-state index in [4.69, 9.17) is 5.73 Å². The van der Waals surface area contributed by atoms with Gasteiger partial charge in [0.15, 0.2) is 5.16 Å². The van der Waals surface area contributed by atoms with Crippen molar-refractivity contribution in [2.24, 2.45) is 0 Å². The first kappa shape index (κ1) is 15.4. The van der Waals surface area contributed by atoms with E-state index in [1.54, 1.807) is 23.1 Å². The Hall–Kier alpha value is -2.12. The maximum atomic E-state index is 6.14. The van der Waals surface area contributed by atoms with E-state index in [-0.39, 0.29) is 0 Å². The first-order valence-electron chi connectivity index (χ1n) is 7.62. The van der Waals surface area contributed by atoms with Crippen LogP contribution in [0.5, 0.6) is 0 Å². The molecule has 3 aromatic heterocycles. The van der Waals surface area contributed by atoms with Gasteiger partial charge in [-0.05, 0) is 44.0 Å². The van der Waals surface area contributed by atoms with E-state index in [0.29, 0.717) is 11.6 Å². The maximum Gasteiger partial charge on any atom is 0.166 e. The van der Waals surface area contributed by atoms with E-state index in [0.717, 1.165) is 32.2 Å². The van der Waals surface area contributed by atoms with Crippen LogP contribution in [-0.4, -0.2) is 19.9 Å². The Morgan fingerprint density at radius 1 is 1.17 bits per heavy atom. The van der Waals surface area contributed by atoms with Crippen LogP contribution in [0.25, 0.3) is 21.3 Å². The molecular formula is C17H17N5S2. The highest BCUT2D eigenvalue weighted by Crippen LogP contribution is 2.32. The Labute approximate surface area is 147 Å². The highest BCUT2D eigenvalue weighted by molar-refractivity contribution is 7.98. The van der Waals surface area contributed by atoms with Crippen LogP contribution in [0.2, 0.25) is 0 Å². The van der Waals surface area contributed by atoms with Crippen LogP contribution in [0.15, 0.2) is 23.4 Å². The van der Waals surface area contributed by atoms with E-state index >= 15 is 0 Å². The number of aromatic amines is 1. The number of hydrogen-bond acceptors (Lipinski definition) is 6. The van der Waals surface area contributed by atoms with Gasteiger partial charge in [-0.25, -0.2) is 15.0 Å². The summed E-state index contributed by atoms with van der Waals surface area (Å²) in [6.45, 7) is 6.23. The van der Waals surface area contributed by atoms with Crippen molar-refractivity contribution in [3.63, 3.8) is 0 Å². The van der Waals surface area contributed by atoms with Gasteiger partial charge in [0.2, 0.25) is 0 Å². The van der Waals surface area contributed by atoms with Crippen molar-refractivity contribution in [2.45, 2.75) is 31.7 Å². The molecule has 0 saturated heterocycles. The Morgan fingerprint density at radius 3 is 2.83 bits per heavy atom. The third-order valence-electron chi connectivity index (χ3n) is 4.06. The Bertz CT molecular complexity index is 1060. The van der Waals surface area contributed by atoms with Crippen molar-refractivity contribution >= 4 is 50.2 Å². The smallest absolute Gasteiger partial charge is 0.166 e. The number of aromatic nitrogens is 4. The van der Waals surface area contributed by atoms with Crippen LogP contribution >= 0.6 is 23.1 Å². The van der Waals surface area contributed by atoms with Crippen LogP contribution in [0.1, 0.15) is 21.8 Å². The molecule has 1 aromatic carbocycles. The zero-order valence-electron chi connectivity index (χ0n) is 13.7. The summed E-state index contributed by atoms with van der Waals surface area (Å²) >= 11 is 3.26. The van der Waals surface area contributed by atoms with Gasteiger partial charge in [0.25, 0.3) is 0 Å². The lowest BCUT2D eigenvalue weighted by Gasteiger charge is -2.02. The number of thiophene rings is 1. The molecule has 0 spiro atoms. The molecule has 0 aliphatic rings. The molecule has 7 heteroatoms. The number of nitrogens with zero attached hydrogens (tertiary/aromatic N) is 3. The topological polar surface area (TPSA) is 80.5 Å². The average Bonchev–Trinajstić information content (AvgIpc) is 3.06. The summed E-state index contributed by atoms with van der Waals surface area (Å²) < 4.78 is 0. The van der Waals surface area contributed by atoms with Gasteiger partial charge < -0.3 is 10.7 Å². The third kappa shape index (κ3) is 2.63. The van der Waals surface area contributed by atoms with Crippen molar-refractivity contribution < 1.29 is 0 Å². The number of thioether (sulfide) groups is 1. The second-order valence-electron chi connectivity index (χ2n) is 5.84. The van der Waals surface area contributed by atoms with Crippen molar-refractivity contribution in [2.75, 3.05) is 5.73 Å². The largest absolute Gasteiger partial charge is 0.383 e. The molecule has 0 aliphatic carbocycles. The fourth-order valence-corrected chi connectivity index (χ4v) is 4.49. The zero-order valence-corrected chi connectivity index (χ0v) is 15.3. The summed E-state index contributed by atoms with van der Waals surface area (Å²) in [4.78, 5) is 19.3. The number of nitrogen functional groups attached to an aromatic ring is 1. The lowest BCUT2D eigenvalue weighted by atomic mass is 10.2. The summed E-state index contributed by atoms with van der Waals surface area (Å²) in [6.07, 6.45) is 0. The molecule has 0 fully saturated rings. The molecule has 4 rings (SSSR count). The first-order chi connectivity index (χ1) is 11.5. The van der Waals surface area contributed by atoms with Gasteiger partial charge >= 0.3 is 0 Å². The SMILES string of the molecule is Cc1ccc2nc(SCc3nc(N)c4c(C)c(C)sc4n3)[nH]c2c1. The molecule has 3 heterocycles. The first-order valence-corrected chi connectivity index (χ1v) is 9.43. The van der Waals surface area contributed by atoms with Crippen molar-refractivity contribution in [1.29, 1.82) is 0 Å². The lowest BCUT2D eigenvalue weighted by molar-refractivity contribution is 1.05. The Kier molecular flexibility index (Phi) is 3.69. The molecule has 5 nitrogen and oxygen atoms in total. The molecule has 24 heavy (non-hydrogen) atoms. The van der Waals surface area contributed by atoms with Gasteiger partial charge in [-0.3, -0.25) is 0 Å². The molecule has 0 unspecified atom stereocenters. The Balaban J connectivity index is 1.61. The van der Waals surface area contributed by atoms with Gasteiger partial charge in [-0.15, -0.1) is 11.3 Å². The van der Waals surface area contributed by atoms with E-state index in [9.17, 15) is 0 Å². The van der Waals surface area contributed by atoms with Crippen molar-refractivity contribution in [1.82, 2.24) is 19.9 Å². The second-order valence-corrected chi connectivity index (χ2v) is 8.01. The lowest BCUT2D eigenvalue weighted by Crippen LogP contribution is -1.99. The summed E-state index contributed by atoms with van der Waals surface area (Å²) in [7, 11) is 0. The van der Waals surface area contributed by atoms with E-state index in [1.165, 1.54) is 16.0 Å². The fourth-order valence-electron chi connectivity index (χ4n) is 2.69. The number of anilines is 1. The molecule has 0 amide bonds.